The van der Waals surface area contributed by atoms with Gasteiger partial charge in [-0.25, -0.2) is 4.39 Å². The van der Waals surface area contributed by atoms with E-state index < -0.39 is 0 Å². The number of nitrogens with one attached hydrogen (secondary N) is 1. The van der Waals surface area contributed by atoms with Crippen molar-refractivity contribution in [2.24, 2.45) is 5.73 Å². The Balaban J connectivity index is 2.06. The van der Waals surface area contributed by atoms with E-state index in [9.17, 15) is 4.39 Å². The van der Waals surface area contributed by atoms with Crippen LogP contribution in [0.5, 0.6) is 0 Å². The molecule has 0 amide bonds. The lowest BCUT2D eigenvalue weighted by Gasteiger charge is -2.27. The van der Waals surface area contributed by atoms with Crippen LogP contribution in [0.4, 0.5) is 10.1 Å². The van der Waals surface area contributed by atoms with E-state index in [1.54, 1.807) is 6.07 Å². The summed E-state index contributed by atoms with van der Waals surface area (Å²) in [5.74, 6) is -0.377. The predicted octanol–water partition coefficient (Wildman–Crippen LogP) is 2.38. The molecule has 3 nitrogen and oxygen atoms in total. The minimum atomic E-state index is -0.377. The minimum Gasteiger partial charge on any atom is -0.381 e. The van der Waals surface area contributed by atoms with Gasteiger partial charge in [0.15, 0.2) is 0 Å². The molecule has 4 heteroatoms. The molecule has 1 saturated carbocycles. The summed E-state index contributed by atoms with van der Waals surface area (Å²) >= 11 is 0. The van der Waals surface area contributed by atoms with Gasteiger partial charge in [0.2, 0.25) is 0 Å². The van der Waals surface area contributed by atoms with E-state index in [-0.39, 0.29) is 5.82 Å². The number of rotatable bonds is 2. The highest BCUT2D eigenvalue weighted by atomic mass is 19.1. The Bertz CT molecular complexity index is 431. The number of benzene rings is 1. The van der Waals surface area contributed by atoms with Crippen LogP contribution in [-0.4, -0.2) is 12.1 Å². The summed E-state index contributed by atoms with van der Waals surface area (Å²) in [6, 6.07) is 6.91. The summed E-state index contributed by atoms with van der Waals surface area (Å²) in [5.41, 5.74) is 6.91. The number of hydrogen-bond donors (Lipinski definition) is 2. The van der Waals surface area contributed by atoms with Crippen molar-refractivity contribution >= 4 is 5.69 Å². The Morgan fingerprint density at radius 2 is 2.00 bits per heavy atom. The predicted molar refractivity (Wildman–Crippen MR) is 65.0 cm³/mol. The van der Waals surface area contributed by atoms with E-state index in [1.807, 2.05) is 6.07 Å². The SMILES string of the molecule is N#Cc1cc(F)ccc1NC1CCC(N)CC1. The molecule has 1 aliphatic carbocycles. The van der Waals surface area contributed by atoms with Gasteiger partial charge in [0.05, 0.1) is 11.3 Å². The number of nitrogens with zero attached hydrogens (tertiary/aromatic N) is 1. The van der Waals surface area contributed by atoms with Crippen molar-refractivity contribution in [1.82, 2.24) is 0 Å². The molecule has 0 heterocycles. The maximum absolute atomic E-state index is 13.0. The van der Waals surface area contributed by atoms with Crippen LogP contribution >= 0.6 is 0 Å². The third kappa shape index (κ3) is 2.95. The Morgan fingerprint density at radius 3 is 2.65 bits per heavy atom. The molecule has 0 bridgehead atoms. The molecule has 0 unspecified atom stereocenters. The zero-order chi connectivity index (χ0) is 12.3. The quantitative estimate of drug-likeness (QED) is 0.824. The van der Waals surface area contributed by atoms with Crippen molar-refractivity contribution in [2.75, 3.05) is 5.32 Å². The summed E-state index contributed by atoms with van der Waals surface area (Å²) in [6.45, 7) is 0. The van der Waals surface area contributed by atoms with E-state index in [2.05, 4.69) is 5.32 Å². The molecule has 0 aromatic heterocycles. The second-order valence-corrected chi connectivity index (χ2v) is 4.56. The highest BCUT2D eigenvalue weighted by Crippen LogP contribution is 2.23. The molecule has 0 atom stereocenters. The summed E-state index contributed by atoms with van der Waals surface area (Å²) in [4.78, 5) is 0. The Kier molecular flexibility index (Phi) is 3.60. The van der Waals surface area contributed by atoms with Crippen molar-refractivity contribution in [3.63, 3.8) is 0 Å². The molecule has 1 fully saturated rings. The number of anilines is 1. The molecule has 3 N–H and O–H groups in total. The summed E-state index contributed by atoms with van der Waals surface area (Å²) in [5, 5.41) is 12.2. The molecule has 1 aromatic rings. The maximum atomic E-state index is 13.0. The number of nitriles is 1. The lowest BCUT2D eigenvalue weighted by molar-refractivity contribution is 0.411. The van der Waals surface area contributed by atoms with Crippen LogP contribution < -0.4 is 11.1 Å². The first-order valence-corrected chi connectivity index (χ1v) is 5.91. The third-order valence-electron chi connectivity index (χ3n) is 3.23. The van der Waals surface area contributed by atoms with Gasteiger partial charge in [-0.05, 0) is 43.9 Å². The molecular weight excluding hydrogens is 217 g/mol. The number of hydrogen-bond acceptors (Lipinski definition) is 3. The van der Waals surface area contributed by atoms with Gasteiger partial charge in [-0.2, -0.15) is 5.26 Å². The first-order chi connectivity index (χ1) is 8.19. The average molecular weight is 233 g/mol. The first-order valence-electron chi connectivity index (χ1n) is 5.91. The molecule has 1 aromatic carbocycles. The van der Waals surface area contributed by atoms with E-state index >= 15 is 0 Å². The summed E-state index contributed by atoms with van der Waals surface area (Å²) in [7, 11) is 0. The second-order valence-electron chi connectivity index (χ2n) is 4.56. The highest BCUT2D eigenvalue weighted by molar-refractivity contribution is 5.57. The first kappa shape index (κ1) is 11.9. The largest absolute Gasteiger partial charge is 0.381 e. The van der Waals surface area contributed by atoms with Crippen LogP contribution in [0, 0.1) is 17.1 Å². The van der Waals surface area contributed by atoms with Gasteiger partial charge < -0.3 is 11.1 Å². The molecule has 0 radical (unpaired) electrons. The van der Waals surface area contributed by atoms with Gasteiger partial charge >= 0.3 is 0 Å². The molecule has 0 saturated heterocycles. The fourth-order valence-electron chi connectivity index (χ4n) is 2.22. The third-order valence-corrected chi connectivity index (χ3v) is 3.23. The Morgan fingerprint density at radius 1 is 1.29 bits per heavy atom. The van der Waals surface area contributed by atoms with Crippen LogP contribution in [0.25, 0.3) is 0 Å². The Hall–Kier alpha value is -1.60. The van der Waals surface area contributed by atoms with Crippen LogP contribution in [0.2, 0.25) is 0 Å². The number of nitrogens with two attached hydrogens (primary N) is 1. The van der Waals surface area contributed by atoms with Crippen molar-refractivity contribution in [3.05, 3.63) is 29.6 Å². The van der Waals surface area contributed by atoms with E-state index in [0.29, 0.717) is 17.6 Å². The summed E-state index contributed by atoms with van der Waals surface area (Å²) < 4.78 is 13.0. The smallest absolute Gasteiger partial charge is 0.124 e. The highest BCUT2D eigenvalue weighted by Gasteiger charge is 2.19. The topological polar surface area (TPSA) is 61.8 Å². The lowest BCUT2D eigenvalue weighted by Crippen LogP contribution is -2.32. The van der Waals surface area contributed by atoms with Crippen molar-refractivity contribution in [2.45, 2.75) is 37.8 Å². The van der Waals surface area contributed by atoms with Crippen LogP contribution in [-0.2, 0) is 0 Å². The van der Waals surface area contributed by atoms with Gasteiger partial charge in [0.25, 0.3) is 0 Å². The fourth-order valence-corrected chi connectivity index (χ4v) is 2.22. The van der Waals surface area contributed by atoms with Crippen LogP contribution in [0.3, 0.4) is 0 Å². The van der Waals surface area contributed by atoms with Gasteiger partial charge in [-0.1, -0.05) is 0 Å². The minimum absolute atomic E-state index is 0.303. The van der Waals surface area contributed by atoms with Gasteiger partial charge in [0, 0.05) is 12.1 Å². The van der Waals surface area contributed by atoms with Gasteiger partial charge in [-0.15, -0.1) is 0 Å². The fraction of sp³-hybridized carbons (Fsp3) is 0.462. The molecule has 2 rings (SSSR count). The van der Waals surface area contributed by atoms with Crippen LogP contribution in [0.15, 0.2) is 18.2 Å². The van der Waals surface area contributed by atoms with E-state index in [4.69, 9.17) is 11.0 Å². The van der Waals surface area contributed by atoms with E-state index in [0.717, 1.165) is 31.4 Å². The molecular formula is C13H16FN3. The zero-order valence-corrected chi connectivity index (χ0v) is 9.62. The van der Waals surface area contributed by atoms with Crippen molar-refractivity contribution in [1.29, 1.82) is 5.26 Å². The summed E-state index contributed by atoms with van der Waals surface area (Å²) in [6.07, 6.45) is 4.01. The molecule has 0 aliphatic heterocycles. The standard InChI is InChI=1S/C13H16FN3/c14-10-1-6-13(9(7-10)8-15)17-12-4-2-11(16)3-5-12/h1,6-7,11-12,17H,2-5,16H2. The number of halogens is 1. The Labute approximate surface area is 100 Å². The zero-order valence-electron chi connectivity index (χ0n) is 9.62. The molecule has 90 valence electrons. The van der Waals surface area contributed by atoms with E-state index in [1.165, 1.54) is 12.1 Å². The normalized spacial score (nSPS) is 24.1. The van der Waals surface area contributed by atoms with Gasteiger partial charge in [-0.3, -0.25) is 0 Å². The molecule has 17 heavy (non-hydrogen) atoms. The average Bonchev–Trinajstić information content (AvgIpc) is 2.34. The van der Waals surface area contributed by atoms with Crippen LogP contribution in [0.1, 0.15) is 31.2 Å². The molecule has 0 spiro atoms. The van der Waals surface area contributed by atoms with Gasteiger partial charge in [0.1, 0.15) is 11.9 Å². The lowest BCUT2D eigenvalue weighted by atomic mass is 9.91. The maximum Gasteiger partial charge on any atom is 0.124 e. The van der Waals surface area contributed by atoms with Crippen molar-refractivity contribution in [3.8, 4) is 6.07 Å². The second kappa shape index (κ2) is 5.15. The molecule has 1 aliphatic rings. The monoisotopic (exact) mass is 233 g/mol. The van der Waals surface area contributed by atoms with Crippen molar-refractivity contribution < 1.29 is 4.39 Å².